The minimum Gasteiger partial charge on any atom is -0.497 e. The fraction of sp³-hybridized carbons (Fsp3) is 0.312. The number of benzene rings is 1. The number of thiophene rings is 1. The fourth-order valence-electron chi connectivity index (χ4n) is 3.01. The van der Waals surface area contributed by atoms with Gasteiger partial charge in [-0.25, -0.2) is 13.6 Å². The molecule has 0 spiro atoms. The molecule has 1 aliphatic rings. The molecule has 2 N–H and O–H groups in total. The molecular weight excluding hydrogens is 348 g/mol. The molecule has 1 aromatic heterocycles. The zero-order chi connectivity index (χ0) is 17.3. The molecule has 2 aromatic rings. The Bertz CT molecular complexity index is 860. The standard InChI is InChI=1S/C16H18N2O4S2/c1-22-12-5-2-4-11(10-12)13-6-3-8-18(13)16(19)15-14(7-9-23-15)24(17,20)21/h2,4-5,7,9-10,13H,3,6,8H2,1H3,(H2,17,20,21)/t13-/m0/s1. The smallest absolute Gasteiger partial charge is 0.265 e. The van der Waals surface area contributed by atoms with Gasteiger partial charge in [-0.05, 0) is 42.0 Å². The number of amides is 1. The van der Waals surface area contributed by atoms with Gasteiger partial charge in [-0.1, -0.05) is 12.1 Å². The molecule has 0 unspecified atom stereocenters. The van der Waals surface area contributed by atoms with Crippen molar-refractivity contribution in [3.05, 3.63) is 46.2 Å². The maximum absolute atomic E-state index is 12.9. The normalized spacial score (nSPS) is 17.9. The molecule has 1 amide bonds. The van der Waals surface area contributed by atoms with Crippen molar-refractivity contribution in [1.29, 1.82) is 0 Å². The van der Waals surface area contributed by atoms with Crippen LogP contribution in [0.5, 0.6) is 5.75 Å². The van der Waals surface area contributed by atoms with E-state index in [0.717, 1.165) is 35.5 Å². The summed E-state index contributed by atoms with van der Waals surface area (Å²) in [6.45, 7) is 0.586. The first-order chi connectivity index (χ1) is 11.4. The van der Waals surface area contributed by atoms with Crippen LogP contribution in [0.1, 0.15) is 34.1 Å². The predicted octanol–water partition coefficient (Wildman–Crippen LogP) is 2.38. The van der Waals surface area contributed by atoms with Crippen LogP contribution in [0.25, 0.3) is 0 Å². The quantitative estimate of drug-likeness (QED) is 0.899. The van der Waals surface area contributed by atoms with Crippen molar-refractivity contribution in [1.82, 2.24) is 4.90 Å². The fourth-order valence-corrected chi connectivity index (χ4v) is 4.94. The number of sulfonamides is 1. The Morgan fingerprint density at radius 3 is 2.88 bits per heavy atom. The van der Waals surface area contributed by atoms with Gasteiger partial charge in [0.05, 0.1) is 13.2 Å². The van der Waals surface area contributed by atoms with Gasteiger partial charge in [0, 0.05) is 6.54 Å². The van der Waals surface area contributed by atoms with E-state index in [2.05, 4.69) is 0 Å². The van der Waals surface area contributed by atoms with Gasteiger partial charge in [0.25, 0.3) is 5.91 Å². The number of methoxy groups -OCH3 is 1. The van der Waals surface area contributed by atoms with Crippen LogP contribution < -0.4 is 9.88 Å². The average Bonchev–Trinajstić information content (AvgIpc) is 3.23. The number of hydrogen-bond acceptors (Lipinski definition) is 5. The molecule has 1 saturated heterocycles. The number of primary sulfonamides is 1. The first-order valence-electron chi connectivity index (χ1n) is 7.47. The Morgan fingerprint density at radius 2 is 2.17 bits per heavy atom. The summed E-state index contributed by atoms with van der Waals surface area (Å²) < 4.78 is 28.6. The molecule has 6 nitrogen and oxygen atoms in total. The van der Waals surface area contributed by atoms with Gasteiger partial charge in [0.15, 0.2) is 0 Å². The number of nitrogens with two attached hydrogens (primary N) is 1. The second kappa shape index (κ2) is 6.54. The summed E-state index contributed by atoms with van der Waals surface area (Å²) in [6, 6.07) is 8.88. The van der Waals surface area contributed by atoms with Crippen LogP contribution in [0.15, 0.2) is 40.6 Å². The minimum absolute atomic E-state index is 0.0944. The third-order valence-corrected chi connectivity index (χ3v) is 6.11. The molecule has 1 aromatic carbocycles. The predicted molar refractivity (Wildman–Crippen MR) is 91.7 cm³/mol. The second-order valence-corrected chi connectivity index (χ2v) is 8.04. The molecule has 3 rings (SSSR count). The molecule has 1 fully saturated rings. The molecule has 2 heterocycles. The summed E-state index contributed by atoms with van der Waals surface area (Å²) >= 11 is 1.10. The van der Waals surface area contributed by atoms with Gasteiger partial charge in [-0.15, -0.1) is 11.3 Å². The van der Waals surface area contributed by atoms with Crippen molar-refractivity contribution in [3.63, 3.8) is 0 Å². The molecule has 8 heteroatoms. The molecule has 1 aliphatic heterocycles. The first-order valence-corrected chi connectivity index (χ1v) is 9.89. The maximum Gasteiger partial charge on any atom is 0.265 e. The molecule has 0 bridgehead atoms. The Morgan fingerprint density at radius 1 is 1.38 bits per heavy atom. The average molecular weight is 366 g/mol. The van der Waals surface area contributed by atoms with Crippen LogP contribution in [-0.4, -0.2) is 32.9 Å². The number of carbonyl (C=O) groups is 1. The molecule has 24 heavy (non-hydrogen) atoms. The third kappa shape index (κ3) is 3.17. The molecule has 0 radical (unpaired) electrons. The highest BCUT2D eigenvalue weighted by molar-refractivity contribution is 7.89. The molecular formula is C16H18N2O4S2. The summed E-state index contributed by atoms with van der Waals surface area (Å²) in [5.41, 5.74) is 0.980. The summed E-state index contributed by atoms with van der Waals surface area (Å²) in [6.07, 6.45) is 1.69. The summed E-state index contributed by atoms with van der Waals surface area (Å²) in [5, 5.41) is 6.79. The molecule has 0 aliphatic carbocycles. The van der Waals surface area contributed by atoms with Crippen molar-refractivity contribution in [3.8, 4) is 5.75 Å². The Hall–Kier alpha value is -1.90. The van der Waals surface area contributed by atoms with E-state index >= 15 is 0 Å². The summed E-state index contributed by atoms with van der Waals surface area (Å²) in [5.74, 6) is 0.437. The highest BCUT2D eigenvalue weighted by atomic mass is 32.2. The first kappa shape index (κ1) is 16.9. The van der Waals surface area contributed by atoms with E-state index in [1.807, 2.05) is 24.3 Å². The van der Waals surface area contributed by atoms with Crippen molar-refractivity contribution < 1.29 is 17.9 Å². The van der Waals surface area contributed by atoms with Gasteiger partial charge in [-0.2, -0.15) is 0 Å². The van der Waals surface area contributed by atoms with Crippen LogP contribution in [0.2, 0.25) is 0 Å². The van der Waals surface area contributed by atoms with Crippen LogP contribution >= 0.6 is 11.3 Å². The van der Waals surface area contributed by atoms with E-state index in [0.29, 0.717) is 6.54 Å². The molecule has 128 valence electrons. The van der Waals surface area contributed by atoms with Gasteiger partial charge in [0.2, 0.25) is 10.0 Å². The minimum atomic E-state index is -3.91. The highest BCUT2D eigenvalue weighted by Gasteiger charge is 2.33. The Kier molecular flexibility index (Phi) is 4.62. The van der Waals surface area contributed by atoms with Gasteiger partial charge < -0.3 is 9.64 Å². The number of nitrogens with zero attached hydrogens (tertiary/aromatic N) is 1. The Labute approximate surface area is 144 Å². The van der Waals surface area contributed by atoms with E-state index in [9.17, 15) is 13.2 Å². The number of carbonyl (C=O) groups excluding carboxylic acids is 1. The van der Waals surface area contributed by atoms with Crippen molar-refractivity contribution >= 4 is 27.3 Å². The van der Waals surface area contributed by atoms with E-state index in [1.54, 1.807) is 17.4 Å². The summed E-state index contributed by atoms with van der Waals surface area (Å²) in [7, 11) is -2.32. The van der Waals surface area contributed by atoms with E-state index in [1.165, 1.54) is 6.07 Å². The largest absolute Gasteiger partial charge is 0.497 e. The second-order valence-electron chi connectivity index (χ2n) is 5.59. The molecule has 0 saturated carbocycles. The van der Waals surface area contributed by atoms with Gasteiger partial charge >= 0.3 is 0 Å². The topological polar surface area (TPSA) is 89.7 Å². The van der Waals surface area contributed by atoms with Gasteiger partial charge in [-0.3, -0.25) is 4.79 Å². The monoisotopic (exact) mass is 366 g/mol. The molecule has 1 atom stereocenters. The number of likely N-dealkylation sites (tertiary alicyclic amines) is 1. The lowest BCUT2D eigenvalue weighted by Crippen LogP contribution is -2.31. The lowest BCUT2D eigenvalue weighted by Gasteiger charge is -2.25. The van der Waals surface area contributed by atoms with E-state index in [-0.39, 0.29) is 21.7 Å². The highest BCUT2D eigenvalue weighted by Crippen LogP contribution is 2.36. The number of rotatable bonds is 4. The van der Waals surface area contributed by atoms with Crippen LogP contribution in [-0.2, 0) is 10.0 Å². The SMILES string of the molecule is COc1cccc([C@@H]2CCCN2C(=O)c2sccc2S(N)(=O)=O)c1. The third-order valence-electron chi connectivity index (χ3n) is 4.12. The van der Waals surface area contributed by atoms with Crippen molar-refractivity contribution in [2.45, 2.75) is 23.8 Å². The van der Waals surface area contributed by atoms with Crippen LogP contribution in [0.4, 0.5) is 0 Å². The lowest BCUT2D eigenvalue weighted by atomic mass is 10.0. The number of ether oxygens (including phenoxy) is 1. The van der Waals surface area contributed by atoms with Crippen LogP contribution in [0.3, 0.4) is 0 Å². The lowest BCUT2D eigenvalue weighted by molar-refractivity contribution is 0.0737. The zero-order valence-electron chi connectivity index (χ0n) is 13.1. The maximum atomic E-state index is 12.9. The Balaban J connectivity index is 1.93. The zero-order valence-corrected chi connectivity index (χ0v) is 14.8. The van der Waals surface area contributed by atoms with Crippen LogP contribution in [0, 0.1) is 0 Å². The van der Waals surface area contributed by atoms with Crippen molar-refractivity contribution in [2.24, 2.45) is 5.14 Å². The van der Waals surface area contributed by atoms with E-state index < -0.39 is 10.0 Å². The van der Waals surface area contributed by atoms with Gasteiger partial charge in [0.1, 0.15) is 15.5 Å². The van der Waals surface area contributed by atoms with E-state index in [4.69, 9.17) is 9.88 Å². The summed E-state index contributed by atoms with van der Waals surface area (Å²) in [4.78, 5) is 14.7. The van der Waals surface area contributed by atoms with Crippen molar-refractivity contribution in [2.75, 3.05) is 13.7 Å². The number of hydrogen-bond donors (Lipinski definition) is 1.